The molecule has 0 unspecified atom stereocenters. The van der Waals surface area contributed by atoms with Crippen molar-refractivity contribution in [1.29, 1.82) is 0 Å². The molecule has 0 atom stereocenters. The molecule has 0 bridgehead atoms. The van der Waals surface area contributed by atoms with Crippen LogP contribution >= 0.6 is 0 Å². The van der Waals surface area contributed by atoms with Crippen LogP contribution in [0.25, 0.3) is 11.0 Å². The van der Waals surface area contributed by atoms with Gasteiger partial charge in [0.25, 0.3) is 0 Å². The van der Waals surface area contributed by atoms with Crippen LogP contribution in [0.5, 0.6) is 0 Å². The zero-order valence-electron chi connectivity index (χ0n) is 12.8. The Balaban J connectivity index is 0.000000741. The van der Waals surface area contributed by atoms with Crippen LogP contribution < -0.4 is 0 Å². The Hall–Kier alpha value is -1.91. The fourth-order valence-corrected chi connectivity index (χ4v) is 1.50. The van der Waals surface area contributed by atoms with Crippen LogP contribution in [0, 0.1) is 13.8 Å². The molecule has 0 saturated carbocycles. The van der Waals surface area contributed by atoms with Crippen molar-refractivity contribution in [2.24, 2.45) is 0 Å². The minimum atomic E-state index is -0.452. The monoisotopic (exact) mass is 265 g/mol. The smallest absolute Gasteiger partial charge is 0.358 e. The summed E-state index contributed by atoms with van der Waals surface area (Å²) in [5, 5.41) is 0. The molecular weight excluding hydrogens is 242 g/mol. The zero-order valence-corrected chi connectivity index (χ0v) is 12.8. The third kappa shape index (κ3) is 4.05. The van der Waals surface area contributed by atoms with Crippen molar-refractivity contribution < 1.29 is 9.53 Å². The Morgan fingerprint density at radius 3 is 2.26 bits per heavy atom. The number of hydrogen-bond acceptors (Lipinski definition) is 4. The van der Waals surface area contributed by atoms with E-state index in [1.807, 2.05) is 40.7 Å². The molecule has 0 aliphatic rings. The van der Waals surface area contributed by atoms with Crippen molar-refractivity contribution in [3.63, 3.8) is 0 Å². The number of nitrogens with zero attached hydrogens (tertiary/aromatic N) is 2. The van der Waals surface area contributed by atoms with Crippen LogP contribution in [0.1, 0.15) is 49.7 Å². The van der Waals surface area contributed by atoms with Crippen molar-refractivity contribution >= 4 is 17.0 Å². The van der Waals surface area contributed by atoms with E-state index in [0.29, 0.717) is 11.3 Å². The second-order valence-electron chi connectivity index (χ2n) is 3.32. The molecular formula is C14H23N3O2. The Morgan fingerprint density at radius 2 is 1.74 bits per heavy atom. The number of carbonyl (C=O) groups is 1. The molecule has 2 aromatic heterocycles. The average molecular weight is 265 g/mol. The van der Waals surface area contributed by atoms with Gasteiger partial charge in [-0.05, 0) is 19.9 Å². The van der Waals surface area contributed by atoms with Gasteiger partial charge in [0, 0.05) is 5.69 Å². The highest BCUT2D eigenvalue weighted by atomic mass is 16.5. The summed E-state index contributed by atoms with van der Waals surface area (Å²) in [5.41, 5.74) is 2.59. The van der Waals surface area contributed by atoms with E-state index < -0.39 is 5.97 Å². The maximum atomic E-state index is 11.5. The first-order valence-electron chi connectivity index (χ1n) is 6.54. The number of esters is 1. The second-order valence-corrected chi connectivity index (χ2v) is 3.32. The van der Waals surface area contributed by atoms with Crippen molar-refractivity contribution in [2.45, 2.75) is 41.5 Å². The number of rotatable bonds is 1. The van der Waals surface area contributed by atoms with Crippen LogP contribution in [0.4, 0.5) is 0 Å². The quantitative estimate of drug-likeness (QED) is 0.802. The normalized spacial score (nSPS) is 9.00. The predicted octanol–water partition coefficient (Wildman–Crippen LogP) is 3.41. The summed E-state index contributed by atoms with van der Waals surface area (Å²) in [4.78, 5) is 22.8. The molecule has 2 rings (SSSR count). The van der Waals surface area contributed by atoms with Crippen molar-refractivity contribution in [3.8, 4) is 0 Å². The average Bonchev–Trinajstić information content (AvgIpc) is 2.81. The molecule has 1 N–H and O–H groups in total. The van der Waals surface area contributed by atoms with Gasteiger partial charge in [0.1, 0.15) is 5.82 Å². The van der Waals surface area contributed by atoms with E-state index in [1.54, 1.807) is 6.92 Å². The molecule has 0 amide bonds. The summed E-state index contributed by atoms with van der Waals surface area (Å²) in [7, 11) is 1.33. The lowest BCUT2D eigenvalue weighted by molar-refractivity contribution is 0.0596. The molecule has 0 spiro atoms. The lowest BCUT2D eigenvalue weighted by atomic mass is 10.3. The molecule has 19 heavy (non-hydrogen) atoms. The molecule has 0 aliphatic heterocycles. The van der Waals surface area contributed by atoms with Gasteiger partial charge in [0.05, 0.1) is 18.1 Å². The predicted molar refractivity (Wildman–Crippen MR) is 77.4 cm³/mol. The highest BCUT2D eigenvalue weighted by Crippen LogP contribution is 2.16. The lowest BCUT2D eigenvalue weighted by Crippen LogP contribution is -2.07. The van der Waals surface area contributed by atoms with Gasteiger partial charge >= 0.3 is 5.97 Å². The third-order valence-electron chi connectivity index (χ3n) is 2.10. The summed E-state index contributed by atoms with van der Waals surface area (Å²) in [5.74, 6) is 0.106. The number of hydrogen-bond donors (Lipinski definition) is 1. The number of aryl methyl sites for hydroxylation is 2. The summed E-state index contributed by atoms with van der Waals surface area (Å²) < 4.78 is 4.66. The minimum absolute atomic E-state index is 0.285. The van der Waals surface area contributed by atoms with Crippen LogP contribution in [-0.4, -0.2) is 28.0 Å². The maximum absolute atomic E-state index is 11.5. The topological polar surface area (TPSA) is 67.9 Å². The van der Waals surface area contributed by atoms with E-state index in [9.17, 15) is 4.79 Å². The number of methoxy groups -OCH3 is 1. The van der Waals surface area contributed by atoms with Crippen LogP contribution in [0.2, 0.25) is 0 Å². The van der Waals surface area contributed by atoms with Crippen LogP contribution in [0.3, 0.4) is 0 Å². The van der Waals surface area contributed by atoms with E-state index in [0.717, 1.165) is 11.2 Å². The van der Waals surface area contributed by atoms with E-state index in [-0.39, 0.29) is 5.69 Å². The largest absolute Gasteiger partial charge is 0.464 e. The summed E-state index contributed by atoms with van der Waals surface area (Å²) >= 11 is 0. The standard InChI is InChI=1S/C10H11N3O2.2C2H6/c1-5-4-7-8(11-5)9(10(14)15-3)13-6(2)12-7;2*1-2/h4,11H,1-3H3;2*1-2H3. The fraction of sp³-hybridized carbons (Fsp3) is 0.500. The fourth-order valence-electron chi connectivity index (χ4n) is 1.50. The first-order chi connectivity index (χ1) is 9.11. The van der Waals surface area contributed by atoms with Crippen LogP contribution in [0.15, 0.2) is 6.07 Å². The van der Waals surface area contributed by atoms with Crippen molar-refractivity contribution in [3.05, 3.63) is 23.3 Å². The van der Waals surface area contributed by atoms with Crippen molar-refractivity contribution in [1.82, 2.24) is 15.0 Å². The van der Waals surface area contributed by atoms with Gasteiger partial charge in [-0.3, -0.25) is 0 Å². The Labute approximate surface area is 114 Å². The summed E-state index contributed by atoms with van der Waals surface area (Å²) in [6.45, 7) is 11.6. The van der Waals surface area contributed by atoms with E-state index in [1.165, 1.54) is 7.11 Å². The Kier molecular flexibility index (Phi) is 7.41. The molecule has 0 saturated heterocycles. The van der Waals surface area contributed by atoms with E-state index in [4.69, 9.17) is 0 Å². The molecule has 5 heteroatoms. The number of carbonyl (C=O) groups excluding carboxylic acids is 1. The number of nitrogens with one attached hydrogen (secondary N) is 1. The third-order valence-corrected chi connectivity index (χ3v) is 2.10. The number of H-pyrrole nitrogens is 1. The van der Waals surface area contributed by atoms with Gasteiger partial charge in [-0.15, -0.1) is 0 Å². The Morgan fingerprint density at radius 1 is 1.16 bits per heavy atom. The van der Waals surface area contributed by atoms with Gasteiger partial charge in [-0.1, -0.05) is 27.7 Å². The van der Waals surface area contributed by atoms with Gasteiger partial charge in [-0.2, -0.15) is 0 Å². The van der Waals surface area contributed by atoms with Crippen molar-refractivity contribution in [2.75, 3.05) is 7.11 Å². The molecule has 0 aliphatic carbocycles. The maximum Gasteiger partial charge on any atom is 0.358 e. The zero-order chi connectivity index (χ0) is 15.0. The molecule has 5 nitrogen and oxygen atoms in total. The molecule has 106 valence electrons. The summed E-state index contributed by atoms with van der Waals surface area (Å²) in [6, 6.07) is 1.87. The number of aromatic amines is 1. The number of fused-ring (bicyclic) bond motifs is 1. The highest BCUT2D eigenvalue weighted by molar-refractivity contribution is 5.99. The molecule has 0 fully saturated rings. The lowest BCUT2D eigenvalue weighted by Gasteiger charge is -2.00. The van der Waals surface area contributed by atoms with E-state index in [2.05, 4.69) is 19.7 Å². The first kappa shape index (κ1) is 17.1. The molecule has 2 aromatic rings. The second kappa shape index (κ2) is 8.24. The van der Waals surface area contributed by atoms with Gasteiger partial charge < -0.3 is 9.72 Å². The Bertz CT molecular complexity index is 533. The van der Waals surface area contributed by atoms with Gasteiger partial charge in [0.15, 0.2) is 5.69 Å². The van der Waals surface area contributed by atoms with E-state index >= 15 is 0 Å². The number of ether oxygens (including phenoxy) is 1. The van der Waals surface area contributed by atoms with Gasteiger partial charge in [0.2, 0.25) is 0 Å². The molecule has 0 radical (unpaired) electrons. The SMILES string of the molecule is CC.CC.COC(=O)c1nc(C)nc2cc(C)[nH]c12. The summed E-state index contributed by atoms with van der Waals surface area (Å²) in [6.07, 6.45) is 0. The molecule has 2 heterocycles. The van der Waals surface area contributed by atoms with Crippen LogP contribution in [-0.2, 0) is 4.74 Å². The minimum Gasteiger partial charge on any atom is -0.464 e. The number of aromatic nitrogens is 3. The molecule has 0 aromatic carbocycles. The van der Waals surface area contributed by atoms with Gasteiger partial charge in [-0.25, -0.2) is 14.8 Å². The highest BCUT2D eigenvalue weighted by Gasteiger charge is 2.15. The first-order valence-corrected chi connectivity index (χ1v) is 6.54.